The van der Waals surface area contributed by atoms with Crippen molar-refractivity contribution in [3.05, 3.63) is 98.6 Å². The third-order valence-corrected chi connectivity index (χ3v) is 7.99. The zero-order valence-corrected chi connectivity index (χ0v) is 22.2. The molecular formula is C30H23F3N2O5. The predicted molar refractivity (Wildman–Crippen MR) is 139 cm³/mol. The van der Waals surface area contributed by atoms with Gasteiger partial charge in [0.2, 0.25) is 0 Å². The lowest BCUT2D eigenvalue weighted by Crippen LogP contribution is -2.41. The van der Waals surface area contributed by atoms with Gasteiger partial charge in [0, 0.05) is 12.6 Å². The number of fused-ring (bicyclic) bond motifs is 2. The smallest absolute Gasteiger partial charge is 0.295 e. The number of aryl methyl sites for hydroxylation is 1. The van der Waals surface area contributed by atoms with Gasteiger partial charge in [0.05, 0.1) is 27.9 Å². The number of hydrogen-bond acceptors (Lipinski definition) is 5. The number of anilines is 1. The number of carbonyl (C=O) groups excluding carboxylic acids is 5. The van der Waals surface area contributed by atoms with E-state index >= 15 is 0 Å². The number of amides is 4. The Morgan fingerprint density at radius 2 is 1.20 bits per heavy atom. The van der Waals surface area contributed by atoms with Gasteiger partial charge in [-0.25, -0.2) is 4.90 Å². The monoisotopic (exact) mass is 548 g/mol. The molecule has 2 aliphatic rings. The number of hydrogen-bond donors (Lipinski definition) is 0. The van der Waals surface area contributed by atoms with Crippen LogP contribution in [0.15, 0.2) is 48.5 Å². The van der Waals surface area contributed by atoms with E-state index in [0.29, 0.717) is 11.1 Å². The normalized spacial score (nSPS) is 16.4. The summed E-state index contributed by atoms with van der Waals surface area (Å²) >= 11 is 0. The van der Waals surface area contributed by atoms with Crippen LogP contribution in [0, 0.1) is 13.8 Å². The van der Waals surface area contributed by atoms with Crippen LogP contribution in [0.3, 0.4) is 0 Å². The van der Waals surface area contributed by atoms with Gasteiger partial charge in [-0.15, -0.1) is 0 Å². The van der Waals surface area contributed by atoms with E-state index in [9.17, 15) is 37.1 Å². The first-order valence-electron chi connectivity index (χ1n) is 12.3. The van der Waals surface area contributed by atoms with Crippen molar-refractivity contribution >= 4 is 35.1 Å². The van der Waals surface area contributed by atoms with E-state index in [0.717, 1.165) is 41.0 Å². The van der Waals surface area contributed by atoms with Crippen molar-refractivity contribution in [2.45, 2.75) is 39.3 Å². The first kappa shape index (κ1) is 27.0. The molecule has 2 aliphatic heterocycles. The Morgan fingerprint density at radius 1 is 0.725 bits per heavy atom. The number of rotatable bonds is 4. The molecular weight excluding hydrogens is 525 g/mol. The minimum atomic E-state index is -4.89. The topological polar surface area (TPSA) is 91.8 Å². The maximum Gasteiger partial charge on any atom is 0.402 e. The van der Waals surface area contributed by atoms with Crippen LogP contribution in [0.5, 0.6) is 0 Å². The van der Waals surface area contributed by atoms with Crippen LogP contribution < -0.4 is 4.90 Å². The van der Waals surface area contributed by atoms with Gasteiger partial charge in [0.25, 0.3) is 23.6 Å². The second-order valence-corrected chi connectivity index (χ2v) is 10.3. The lowest BCUT2D eigenvalue weighted by Gasteiger charge is -2.33. The molecule has 204 valence electrons. The van der Waals surface area contributed by atoms with Gasteiger partial charge in [-0.3, -0.25) is 28.9 Å². The van der Waals surface area contributed by atoms with Crippen LogP contribution in [0.4, 0.5) is 18.9 Å². The third kappa shape index (κ3) is 3.62. The SMILES string of the molecule is CC(=O)c1cc(C)c(C)c(N2C(=O)c3ccc(C(C)(c4ccc5c(c4)C(=O)N(C)C5=O)C(F)(F)F)cc3C2=O)c1. The van der Waals surface area contributed by atoms with Gasteiger partial charge in [0.15, 0.2) is 5.78 Å². The number of carbonyl (C=O) groups is 5. The summed E-state index contributed by atoms with van der Waals surface area (Å²) in [6.45, 7) is 5.68. The lowest BCUT2D eigenvalue weighted by atomic mass is 9.74. The van der Waals surface area contributed by atoms with E-state index in [4.69, 9.17) is 0 Å². The number of ketones is 1. The van der Waals surface area contributed by atoms with Crippen molar-refractivity contribution in [1.82, 2.24) is 4.90 Å². The van der Waals surface area contributed by atoms with E-state index in [1.807, 2.05) is 0 Å². The average Bonchev–Trinajstić information content (AvgIpc) is 3.28. The van der Waals surface area contributed by atoms with Crippen molar-refractivity contribution < 1.29 is 37.1 Å². The van der Waals surface area contributed by atoms with Crippen LogP contribution in [-0.4, -0.2) is 47.5 Å². The number of Topliss-reactive ketones (excluding diaryl/α,β-unsaturated/α-hetero) is 1. The standard InChI is InChI=1S/C30H23F3N2O5/c1-14-10-17(16(3)36)11-24(15(14)2)35-27(39)21-9-7-19(13-23(21)28(35)40)29(4,30(31,32)33)18-6-8-20-22(12-18)26(38)34(5)25(20)37/h6-13H,1-5H3. The van der Waals surface area contributed by atoms with Gasteiger partial charge in [-0.05, 0) is 86.3 Å². The molecule has 4 amide bonds. The predicted octanol–water partition coefficient (Wildman–Crippen LogP) is 5.40. The summed E-state index contributed by atoms with van der Waals surface area (Å²) in [4.78, 5) is 65.4. The van der Waals surface area contributed by atoms with Crippen LogP contribution in [0.25, 0.3) is 0 Å². The summed E-state index contributed by atoms with van der Waals surface area (Å²) in [5.41, 5.74) is -2.03. The molecule has 0 saturated carbocycles. The summed E-state index contributed by atoms with van der Waals surface area (Å²) in [5, 5.41) is 0. The van der Waals surface area contributed by atoms with Gasteiger partial charge in [0.1, 0.15) is 5.41 Å². The van der Waals surface area contributed by atoms with E-state index in [-0.39, 0.29) is 50.4 Å². The number of benzene rings is 3. The number of nitrogens with zero attached hydrogens (tertiary/aromatic N) is 2. The highest BCUT2D eigenvalue weighted by Crippen LogP contribution is 2.48. The average molecular weight is 549 g/mol. The molecule has 0 aliphatic carbocycles. The molecule has 40 heavy (non-hydrogen) atoms. The fourth-order valence-electron chi connectivity index (χ4n) is 5.21. The third-order valence-electron chi connectivity index (χ3n) is 7.99. The molecule has 3 aromatic rings. The van der Waals surface area contributed by atoms with Crippen molar-refractivity contribution in [3.8, 4) is 0 Å². The Morgan fingerprint density at radius 3 is 1.73 bits per heavy atom. The quantitative estimate of drug-likeness (QED) is 0.322. The molecule has 3 aromatic carbocycles. The first-order chi connectivity index (χ1) is 18.6. The molecule has 0 fully saturated rings. The molecule has 7 nitrogen and oxygen atoms in total. The lowest BCUT2D eigenvalue weighted by molar-refractivity contribution is -0.173. The number of halogens is 3. The highest BCUT2D eigenvalue weighted by atomic mass is 19.4. The fourth-order valence-corrected chi connectivity index (χ4v) is 5.21. The van der Waals surface area contributed by atoms with Crippen molar-refractivity contribution in [2.75, 3.05) is 11.9 Å². The second kappa shape index (κ2) is 8.70. The Bertz CT molecular complexity index is 1710. The van der Waals surface area contributed by atoms with E-state index in [1.165, 1.54) is 32.2 Å². The van der Waals surface area contributed by atoms with Crippen molar-refractivity contribution in [1.29, 1.82) is 0 Å². The number of imide groups is 2. The van der Waals surface area contributed by atoms with Gasteiger partial charge in [-0.1, -0.05) is 12.1 Å². The van der Waals surface area contributed by atoms with Gasteiger partial charge < -0.3 is 0 Å². The van der Waals surface area contributed by atoms with Gasteiger partial charge >= 0.3 is 6.18 Å². The Balaban J connectivity index is 1.65. The van der Waals surface area contributed by atoms with E-state index in [2.05, 4.69) is 0 Å². The molecule has 1 unspecified atom stereocenters. The van der Waals surface area contributed by atoms with Crippen LogP contribution >= 0.6 is 0 Å². The molecule has 0 saturated heterocycles. The molecule has 0 spiro atoms. The molecule has 0 aromatic heterocycles. The molecule has 0 N–H and O–H groups in total. The highest BCUT2D eigenvalue weighted by Gasteiger charge is 2.55. The zero-order chi connectivity index (χ0) is 29.5. The maximum atomic E-state index is 14.8. The first-order valence-corrected chi connectivity index (χ1v) is 12.3. The molecule has 10 heteroatoms. The van der Waals surface area contributed by atoms with E-state index in [1.54, 1.807) is 19.9 Å². The minimum absolute atomic E-state index is 0.00426. The van der Waals surface area contributed by atoms with Crippen LogP contribution in [0.1, 0.15) is 87.9 Å². The zero-order valence-electron chi connectivity index (χ0n) is 22.2. The van der Waals surface area contributed by atoms with Crippen molar-refractivity contribution in [3.63, 3.8) is 0 Å². The number of alkyl halides is 3. The second-order valence-electron chi connectivity index (χ2n) is 10.3. The molecule has 5 rings (SSSR count). The molecule has 1 atom stereocenters. The van der Waals surface area contributed by atoms with Gasteiger partial charge in [-0.2, -0.15) is 13.2 Å². The summed E-state index contributed by atoms with van der Waals surface area (Å²) < 4.78 is 44.4. The summed E-state index contributed by atoms with van der Waals surface area (Å²) in [7, 11) is 1.25. The Labute approximate surface area is 227 Å². The molecule has 0 radical (unpaired) electrons. The maximum absolute atomic E-state index is 14.8. The minimum Gasteiger partial charge on any atom is -0.295 e. The summed E-state index contributed by atoms with van der Waals surface area (Å²) in [6, 6.07) is 9.81. The fraction of sp³-hybridized carbons (Fsp3) is 0.233. The summed E-state index contributed by atoms with van der Waals surface area (Å²) in [6.07, 6.45) is -4.89. The molecule has 2 heterocycles. The summed E-state index contributed by atoms with van der Waals surface area (Å²) in [5.74, 6) is -3.12. The van der Waals surface area contributed by atoms with Crippen LogP contribution in [0.2, 0.25) is 0 Å². The van der Waals surface area contributed by atoms with Crippen LogP contribution in [-0.2, 0) is 5.41 Å². The highest BCUT2D eigenvalue weighted by molar-refractivity contribution is 6.35. The molecule has 0 bridgehead atoms. The van der Waals surface area contributed by atoms with E-state index < -0.39 is 35.2 Å². The largest absolute Gasteiger partial charge is 0.402 e. The van der Waals surface area contributed by atoms with Crippen molar-refractivity contribution in [2.24, 2.45) is 0 Å². The Kier molecular flexibility index (Phi) is 5.87. The Hall–Kier alpha value is -4.60.